The van der Waals surface area contributed by atoms with Gasteiger partial charge in [-0.05, 0) is 37.1 Å². The van der Waals surface area contributed by atoms with Crippen LogP contribution in [0.25, 0.3) is 10.9 Å². The topological polar surface area (TPSA) is 91.5 Å². The Labute approximate surface area is 164 Å². The number of amides is 1. The number of rotatable bonds is 7. The van der Waals surface area contributed by atoms with Crippen LogP contribution in [0.5, 0.6) is 0 Å². The number of aromatic nitrogens is 1. The van der Waals surface area contributed by atoms with Gasteiger partial charge in [0.25, 0.3) is 5.91 Å². The molecule has 3 aromatic rings. The number of carbonyl (C=O) groups excluding carboxylic acids is 1. The van der Waals surface area contributed by atoms with Crippen LogP contribution in [0.4, 0.5) is 0 Å². The number of aromatic amines is 1. The standard InChI is InChI=1S/C20H23N3O4S/c1-14-8-10-16(11-9-14)28(25,26)22-19(20(24)23(2)27-3)12-15-13-21-18-7-5-4-6-17(15)18/h4-11,13,19,21-22H,12H2,1-3H3. The van der Waals surface area contributed by atoms with Crippen molar-refractivity contribution >= 4 is 26.8 Å². The number of benzene rings is 2. The van der Waals surface area contributed by atoms with Crippen molar-refractivity contribution in [2.24, 2.45) is 0 Å². The fraction of sp³-hybridized carbons (Fsp3) is 0.250. The molecule has 0 radical (unpaired) electrons. The zero-order valence-corrected chi connectivity index (χ0v) is 16.8. The fourth-order valence-electron chi connectivity index (χ4n) is 2.98. The number of hydroxylamine groups is 2. The lowest BCUT2D eigenvalue weighted by Gasteiger charge is -2.22. The summed E-state index contributed by atoms with van der Waals surface area (Å²) in [5.41, 5.74) is 2.71. The van der Waals surface area contributed by atoms with Gasteiger partial charge in [-0.15, -0.1) is 0 Å². The molecule has 0 aliphatic heterocycles. The summed E-state index contributed by atoms with van der Waals surface area (Å²) in [6.45, 7) is 1.88. The van der Waals surface area contributed by atoms with E-state index < -0.39 is 22.0 Å². The van der Waals surface area contributed by atoms with Gasteiger partial charge < -0.3 is 4.98 Å². The van der Waals surface area contributed by atoms with Crippen molar-refractivity contribution in [2.75, 3.05) is 14.2 Å². The highest BCUT2D eigenvalue weighted by molar-refractivity contribution is 7.89. The van der Waals surface area contributed by atoms with E-state index in [1.165, 1.54) is 26.3 Å². The molecule has 28 heavy (non-hydrogen) atoms. The third-order valence-corrected chi connectivity index (χ3v) is 6.10. The van der Waals surface area contributed by atoms with Gasteiger partial charge in [0.1, 0.15) is 6.04 Å². The number of H-pyrrole nitrogens is 1. The molecule has 0 fully saturated rings. The second-order valence-corrected chi connectivity index (χ2v) is 8.28. The molecule has 2 aromatic carbocycles. The molecule has 7 nitrogen and oxygen atoms in total. The van der Waals surface area contributed by atoms with E-state index in [0.29, 0.717) is 0 Å². The Kier molecular flexibility index (Phi) is 5.83. The lowest BCUT2D eigenvalue weighted by atomic mass is 10.1. The van der Waals surface area contributed by atoms with E-state index in [1.807, 2.05) is 31.2 Å². The number of likely N-dealkylation sites (N-methyl/N-ethyl adjacent to an activating group) is 1. The molecule has 0 bridgehead atoms. The summed E-state index contributed by atoms with van der Waals surface area (Å²) in [5, 5.41) is 1.96. The van der Waals surface area contributed by atoms with Crippen LogP contribution in [0.1, 0.15) is 11.1 Å². The average Bonchev–Trinajstić information content (AvgIpc) is 3.09. The van der Waals surface area contributed by atoms with Crippen LogP contribution in [0, 0.1) is 6.92 Å². The van der Waals surface area contributed by atoms with Gasteiger partial charge in [0.2, 0.25) is 10.0 Å². The third-order valence-electron chi connectivity index (χ3n) is 4.61. The third kappa shape index (κ3) is 4.24. The molecule has 0 aliphatic rings. The van der Waals surface area contributed by atoms with Gasteiger partial charge in [0.05, 0.1) is 12.0 Å². The quantitative estimate of drug-likeness (QED) is 0.595. The summed E-state index contributed by atoms with van der Waals surface area (Å²) >= 11 is 0. The summed E-state index contributed by atoms with van der Waals surface area (Å²) in [5.74, 6) is -0.483. The average molecular weight is 401 g/mol. The molecule has 1 heterocycles. The molecule has 0 spiro atoms. The van der Waals surface area contributed by atoms with Gasteiger partial charge in [0, 0.05) is 24.1 Å². The Hall–Kier alpha value is -2.68. The van der Waals surface area contributed by atoms with Crippen molar-refractivity contribution in [3.05, 3.63) is 65.9 Å². The molecule has 3 rings (SSSR count). The maximum Gasteiger partial charge on any atom is 0.264 e. The molecule has 0 saturated carbocycles. The largest absolute Gasteiger partial charge is 0.361 e. The molecule has 1 amide bonds. The first-order chi connectivity index (χ1) is 13.3. The first-order valence-electron chi connectivity index (χ1n) is 8.77. The number of para-hydroxylation sites is 1. The van der Waals surface area contributed by atoms with Crippen molar-refractivity contribution < 1.29 is 18.0 Å². The number of fused-ring (bicyclic) bond motifs is 1. The van der Waals surface area contributed by atoms with Gasteiger partial charge >= 0.3 is 0 Å². The van der Waals surface area contributed by atoms with Crippen molar-refractivity contribution in [2.45, 2.75) is 24.3 Å². The maximum atomic E-state index is 12.8. The molecule has 148 valence electrons. The molecule has 1 atom stereocenters. The van der Waals surface area contributed by atoms with E-state index in [2.05, 4.69) is 9.71 Å². The zero-order valence-electron chi connectivity index (χ0n) is 16.0. The number of hydrogen-bond donors (Lipinski definition) is 2. The zero-order chi connectivity index (χ0) is 20.3. The normalized spacial score (nSPS) is 12.8. The molecular formula is C20H23N3O4S. The van der Waals surface area contributed by atoms with E-state index in [-0.39, 0.29) is 11.3 Å². The fourth-order valence-corrected chi connectivity index (χ4v) is 4.17. The SMILES string of the molecule is CON(C)C(=O)C(Cc1c[nH]c2ccccc12)NS(=O)(=O)c1ccc(C)cc1. The highest BCUT2D eigenvalue weighted by Crippen LogP contribution is 2.20. The second kappa shape index (κ2) is 8.14. The first kappa shape index (κ1) is 20.1. The van der Waals surface area contributed by atoms with Gasteiger partial charge in [0.15, 0.2) is 0 Å². The predicted octanol–water partition coefficient (Wildman–Crippen LogP) is 2.39. The number of hydrogen-bond acceptors (Lipinski definition) is 4. The summed E-state index contributed by atoms with van der Waals surface area (Å²) in [4.78, 5) is 21.0. The Balaban J connectivity index is 1.93. The second-order valence-electron chi connectivity index (χ2n) is 6.57. The van der Waals surface area contributed by atoms with Crippen LogP contribution in [0.3, 0.4) is 0 Å². The van der Waals surface area contributed by atoms with Crippen molar-refractivity contribution in [1.29, 1.82) is 0 Å². The van der Waals surface area contributed by atoms with E-state index in [4.69, 9.17) is 4.84 Å². The Bertz CT molecular complexity index is 1070. The minimum Gasteiger partial charge on any atom is -0.361 e. The lowest BCUT2D eigenvalue weighted by molar-refractivity contribution is -0.170. The monoisotopic (exact) mass is 401 g/mol. The van der Waals surface area contributed by atoms with Crippen LogP contribution in [0.15, 0.2) is 59.6 Å². The highest BCUT2D eigenvalue weighted by atomic mass is 32.2. The Morgan fingerprint density at radius 1 is 1.18 bits per heavy atom. The van der Waals surface area contributed by atoms with Crippen molar-refractivity contribution in [1.82, 2.24) is 14.8 Å². The molecule has 0 saturated heterocycles. The number of aryl methyl sites for hydroxylation is 1. The number of sulfonamides is 1. The van der Waals surface area contributed by atoms with Crippen LogP contribution in [-0.2, 0) is 26.1 Å². The van der Waals surface area contributed by atoms with E-state index in [9.17, 15) is 13.2 Å². The summed E-state index contributed by atoms with van der Waals surface area (Å²) in [6, 6.07) is 13.1. The Morgan fingerprint density at radius 2 is 1.86 bits per heavy atom. The van der Waals surface area contributed by atoms with Crippen LogP contribution < -0.4 is 4.72 Å². The highest BCUT2D eigenvalue weighted by Gasteiger charge is 2.29. The molecule has 1 aromatic heterocycles. The summed E-state index contributed by atoms with van der Waals surface area (Å²) in [6.07, 6.45) is 1.97. The molecule has 2 N–H and O–H groups in total. The van der Waals surface area contributed by atoms with Crippen LogP contribution in [-0.4, -0.2) is 44.6 Å². The molecule has 0 aliphatic carbocycles. The van der Waals surface area contributed by atoms with Gasteiger partial charge in [-0.3, -0.25) is 9.63 Å². The van der Waals surface area contributed by atoms with E-state index >= 15 is 0 Å². The van der Waals surface area contributed by atoms with Gasteiger partial charge in [-0.2, -0.15) is 4.72 Å². The first-order valence-corrected chi connectivity index (χ1v) is 10.3. The van der Waals surface area contributed by atoms with Crippen molar-refractivity contribution in [3.8, 4) is 0 Å². The van der Waals surface area contributed by atoms with Crippen LogP contribution in [0.2, 0.25) is 0 Å². The number of nitrogens with one attached hydrogen (secondary N) is 2. The minimum absolute atomic E-state index is 0.106. The van der Waals surface area contributed by atoms with Gasteiger partial charge in [-0.25, -0.2) is 13.5 Å². The lowest BCUT2D eigenvalue weighted by Crippen LogP contribution is -2.48. The molecule has 1 unspecified atom stereocenters. The van der Waals surface area contributed by atoms with Crippen molar-refractivity contribution in [3.63, 3.8) is 0 Å². The van der Waals surface area contributed by atoms with E-state index in [0.717, 1.165) is 27.1 Å². The minimum atomic E-state index is -3.88. The molecular weight excluding hydrogens is 378 g/mol. The Morgan fingerprint density at radius 3 is 2.54 bits per heavy atom. The molecule has 8 heteroatoms. The van der Waals surface area contributed by atoms with E-state index in [1.54, 1.807) is 18.3 Å². The van der Waals surface area contributed by atoms with Crippen LogP contribution >= 0.6 is 0 Å². The smallest absolute Gasteiger partial charge is 0.264 e. The summed E-state index contributed by atoms with van der Waals surface area (Å²) in [7, 11) is -1.08. The number of nitrogens with zero attached hydrogens (tertiary/aromatic N) is 1. The number of carbonyl (C=O) groups is 1. The summed E-state index contributed by atoms with van der Waals surface area (Å²) < 4.78 is 28.2. The predicted molar refractivity (Wildman–Crippen MR) is 107 cm³/mol. The van der Waals surface area contributed by atoms with Gasteiger partial charge in [-0.1, -0.05) is 35.9 Å². The maximum absolute atomic E-state index is 12.8.